The highest BCUT2D eigenvalue weighted by atomic mass is 35.5. The number of benzene rings is 1. The fourth-order valence-corrected chi connectivity index (χ4v) is 2.22. The lowest BCUT2D eigenvalue weighted by Crippen LogP contribution is -2.37. The molecule has 0 aliphatic heterocycles. The van der Waals surface area contributed by atoms with Gasteiger partial charge in [0, 0.05) is 30.7 Å². The van der Waals surface area contributed by atoms with Gasteiger partial charge in [-0.05, 0) is 43.3 Å². The number of aromatic nitrogens is 2. The Hall–Kier alpha value is -1.52. The van der Waals surface area contributed by atoms with Crippen molar-refractivity contribution in [2.24, 2.45) is 7.05 Å². The van der Waals surface area contributed by atoms with E-state index in [1.807, 2.05) is 48.3 Å². The summed E-state index contributed by atoms with van der Waals surface area (Å²) < 4.78 is 7.67. The van der Waals surface area contributed by atoms with Crippen LogP contribution < -0.4 is 10.1 Å². The Kier molecular flexibility index (Phi) is 6.08. The second kappa shape index (κ2) is 8.05. The van der Waals surface area contributed by atoms with Crippen LogP contribution >= 0.6 is 11.6 Å². The van der Waals surface area contributed by atoms with Crippen LogP contribution in [-0.4, -0.2) is 29.0 Å². The molecule has 0 aliphatic rings. The van der Waals surface area contributed by atoms with E-state index in [9.17, 15) is 0 Å². The number of halogens is 1. The molecule has 2 aromatic rings. The lowest BCUT2D eigenvalue weighted by Gasteiger charge is -2.18. The first kappa shape index (κ1) is 15.9. The van der Waals surface area contributed by atoms with Crippen LogP contribution in [0.15, 0.2) is 36.5 Å². The molecule has 1 heterocycles. The fourth-order valence-electron chi connectivity index (χ4n) is 2.09. The first-order valence-corrected chi connectivity index (χ1v) is 7.65. The molecule has 4 nitrogen and oxygen atoms in total. The van der Waals surface area contributed by atoms with Crippen LogP contribution in [0.5, 0.6) is 5.75 Å². The highest BCUT2D eigenvalue weighted by Crippen LogP contribution is 2.16. The Morgan fingerprint density at radius 2 is 2.05 bits per heavy atom. The summed E-state index contributed by atoms with van der Waals surface area (Å²) in [5, 5.41) is 8.66. The van der Waals surface area contributed by atoms with Gasteiger partial charge < -0.3 is 10.1 Å². The van der Waals surface area contributed by atoms with Gasteiger partial charge in [0.05, 0.1) is 5.69 Å². The van der Waals surface area contributed by atoms with Crippen LogP contribution in [0.2, 0.25) is 5.02 Å². The van der Waals surface area contributed by atoms with E-state index >= 15 is 0 Å². The van der Waals surface area contributed by atoms with E-state index in [1.54, 1.807) is 0 Å². The van der Waals surface area contributed by atoms with Crippen LogP contribution in [0.3, 0.4) is 0 Å². The van der Waals surface area contributed by atoms with Crippen molar-refractivity contribution >= 4 is 11.6 Å². The summed E-state index contributed by atoms with van der Waals surface area (Å²) in [6, 6.07) is 9.74. The highest BCUT2D eigenvalue weighted by Gasteiger charge is 2.11. The maximum atomic E-state index is 5.87. The van der Waals surface area contributed by atoms with Gasteiger partial charge in [-0.25, -0.2) is 0 Å². The lowest BCUT2D eigenvalue weighted by atomic mass is 10.1. The van der Waals surface area contributed by atoms with Gasteiger partial charge in [0.1, 0.15) is 12.4 Å². The molecule has 0 bridgehead atoms. The summed E-state index contributed by atoms with van der Waals surface area (Å²) >= 11 is 5.87. The molecule has 0 aliphatic carbocycles. The zero-order valence-electron chi connectivity index (χ0n) is 12.6. The van der Waals surface area contributed by atoms with Crippen LogP contribution in [0.1, 0.15) is 19.0 Å². The summed E-state index contributed by atoms with van der Waals surface area (Å²) in [5.74, 6) is 0.837. The van der Waals surface area contributed by atoms with E-state index < -0.39 is 0 Å². The van der Waals surface area contributed by atoms with Gasteiger partial charge in [0.15, 0.2) is 0 Å². The molecular formula is C16H22ClN3O. The van der Waals surface area contributed by atoms with Gasteiger partial charge in [-0.2, -0.15) is 5.10 Å². The van der Waals surface area contributed by atoms with Crippen molar-refractivity contribution in [3.8, 4) is 5.75 Å². The average Bonchev–Trinajstić information content (AvgIpc) is 2.89. The van der Waals surface area contributed by atoms with Crippen LogP contribution in [0.4, 0.5) is 0 Å². The van der Waals surface area contributed by atoms with Crippen molar-refractivity contribution in [3.63, 3.8) is 0 Å². The molecule has 1 aromatic heterocycles. The quantitative estimate of drug-likeness (QED) is 0.814. The Balaban J connectivity index is 1.90. The molecule has 1 aromatic carbocycles. The molecule has 0 amide bonds. The summed E-state index contributed by atoms with van der Waals surface area (Å²) in [5.41, 5.74) is 1.07. The number of hydrogen-bond donors (Lipinski definition) is 1. The predicted molar refractivity (Wildman–Crippen MR) is 85.9 cm³/mol. The topological polar surface area (TPSA) is 39.1 Å². The summed E-state index contributed by atoms with van der Waals surface area (Å²) in [4.78, 5) is 0. The Morgan fingerprint density at radius 1 is 1.29 bits per heavy atom. The molecule has 1 N–H and O–H groups in total. The third-order valence-electron chi connectivity index (χ3n) is 3.17. The zero-order valence-corrected chi connectivity index (χ0v) is 13.3. The molecule has 2 rings (SSSR count). The van der Waals surface area contributed by atoms with Crippen molar-refractivity contribution in [1.82, 2.24) is 15.1 Å². The maximum absolute atomic E-state index is 5.87. The summed E-state index contributed by atoms with van der Waals surface area (Å²) in [7, 11) is 1.93. The smallest absolute Gasteiger partial charge is 0.119 e. The molecule has 1 unspecified atom stereocenters. The minimum atomic E-state index is 0.246. The molecule has 1 atom stereocenters. The number of nitrogens with zero attached hydrogens (tertiary/aromatic N) is 2. The Labute approximate surface area is 131 Å². The van der Waals surface area contributed by atoms with Crippen molar-refractivity contribution in [2.75, 3.05) is 13.2 Å². The number of rotatable bonds is 8. The largest absolute Gasteiger partial charge is 0.492 e. The van der Waals surface area contributed by atoms with E-state index in [0.717, 1.165) is 35.9 Å². The Bertz CT molecular complexity index is 539. The first-order chi connectivity index (χ1) is 10.2. The minimum Gasteiger partial charge on any atom is -0.492 e. The second-order valence-electron chi connectivity index (χ2n) is 5.10. The highest BCUT2D eigenvalue weighted by molar-refractivity contribution is 6.30. The molecule has 0 fully saturated rings. The van der Waals surface area contributed by atoms with Crippen molar-refractivity contribution in [1.29, 1.82) is 0 Å². The van der Waals surface area contributed by atoms with Gasteiger partial charge in [-0.1, -0.05) is 18.5 Å². The SMILES string of the molecule is CCCNC(COc1ccc(Cl)cc1)Cc1ccn(C)n1. The normalized spacial score (nSPS) is 12.3. The number of hydrogen-bond acceptors (Lipinski definition) is 3. The number of aryl methyl sites for hydroxylation is 1. The lowest BCUT2D eigenvalue weighted by molar-refractivity contribution is 0.262. The third kappa shape index (κ3) is 5.40. The number of ether oxygens (including phenoxy) is 1. The predicted octanol–water partition coefficient (Wildman–Crippen LogP) is 3.06. The molecule has 5 heteroatoms. The maximum Gasteiger partial charge on any atom is 0.119 e. The first-order valence-electron chi connectivity index (χ1n) is 7.27. The molecule has 21 heavy (non-hydrogen) atoms. The summed E-state index contributed by atoms with van der Waals surface area (Å²) in [6.07, 6.45) is 3.92. The molecule has 0 spiro atoms. The standard InChI is InChI=1S/C16H22ClN3O/c1-3-9-18-15(11-14-8-10-20(2)19-14)12-21-16-6-4-13(17)5-7-16/h4-8,10,15,18H,3,9,11-12H2,1-2H3. The zero-order chi connectivity index (χ0) is 15.1. The van der Waals surface area contributed by atoms with Crippen molar-refractivity contribution < 1.29 is 4.74 Å². The van der Waals surface area contributed by atoms with Gasteiger partial charge in [-0.15, -0.1) is 0 Å². The third-order valence-corrected chi connectivity index (χ3v) is 3.42. The van der Waals surface area contributed by atoms with Crippen LogP contribution in [0, 0.1) is 0 Å². The minimum absolute atomic E-state index is 0.246. The van der Waals surface area contributed by atoms with Gasteiger partial charge >= 0.3 is 0 Å². The van der Waals surface area contributed by atoms with Gasteiger partial charge in [0.2, 0.25) is 0 Å². The fraction of sp³-hybridized carbons (Fsp3) is 0.438. The molecule has 0 saturated carbocycles. The molecule has 0 saturated heterocycles. The average molecular weight is 308 g/mol. The van der Waals surface area contributed by atoms with Crippen LogP contribution in [0.25, 0.3) is 0 Å². The monoisotopic (exact) mass is 307 g/mol. The molecule has 0 radical (unpaired) electrons. The second-order valence-corrected chi connectivity index (χ2v) is 5.54. The molecule has 114 valence electrons. The van der Waals surface area contributed by atoms with Crippen molar-refractivity contribution in [3.05, 3.63) is 47.2 Å². The van der Waals surface area contributed by atoms with Gasteiger partial charge in [-0.3, -0.25) is 4.68 Å². The van der Waals surface area contributed by atoms with Crippen molar-refractivity contribution in [2.45, 2.75) is 25.8 Å². The summed E-state index contributed by atoms with van der Waals surface area (Å²) in [6.45, 7) is 3.74. The van der Waals surface area contributed by atoms with E-state index in [0.29, 0.717) is 6.61 Å². The Morgan fingerprint density at radius 3 is 2.67 bits per heavy atom. The van der Waals surface area contributed by atoms with E-state index in [1.165, 1.54) is 0 Å². The molecular weight excluding hydrogens is 286 g/mol. The van der Waals surface area contributed by atoms with E-state index in [4.69, 9.17) is 16.3 Å². The van der Waals surface area contributed by atoms with E-state index in [2.05, 4.69) is 17.3 Å². The van der Waals surface area contributed by atoms with Crippen LogP contribution in [-0.2, 0) is 13.5 Å². The van der Waals surface area contributed by atoms with Gasteiger partial charge in [0.25, 0.3) is 0 Å². The van der Waals surface area contributed by atoms with E-state index in [-0.39, 0.29) is 6.04 Å². The number of nitrogens with one attached hydrogen (secondary N) is 1.